The van der Waals surface area contributed by atoms with Crippen LogP contribution in [0, 0.1) is 10.1 Å². The molecule has 0 atom stereocenters. The second-order valence-corrected chi connectivity index (χ2v) is 8.04. The molecule has 2 aromatic carbocycles. The maximum atomic E-state index is 11.5. The van der Waals surface area contributed by atoms with Crippen LogP contribution in [0.5, 0.6) is 0 Å². The molecule has 0 aromatic heterocycles. The van der Waals surface area contributed by atoms with E-state index in [-0.39, 0.29) is 10.6 Å². The van der Waals surface area contributed by atoms with Crippen molar-refractivity contribution >= 4 is 38.9 Å². The zero-order valence-electron chi connectivity index (χ0n) is 11.5. The van der Waals surface area contributed by atoms with Crippen LogP contribution < -0.4 is 0 Å². The molecule has 0 bridgehead atoms. The van der Waals surface area contributed by atoms with Gasteiger partial charge in [0.05, 0.1) is 14.7 Å². The quantitative estimate of drug-likeness (QED) is 0.460. The maximum Gasteiger partial charge on any atom is 0.284 e. The predicted octanol–water partition coefficient (Wildman–Crippen LogP) is 3.94. The van der Waals surface area contributed by atoms with Gasteiger partial charge in [0.2, 0.25) is 0 Å². The van der Waals surface area contributed by atoms with Crippen molar-refractivity contribution in [1.82, 2.24) is 0 Å². The van der Waals surface area contributed by atoms with Gasteiger partial charge in [-0.2, -0.15) is 0 Å². The Balaban J connectivity index is 2.27. The van der Waals surface area contributed by atoms with Crippen molar-refractivity contribution in [3.8, 4) is 0 Å². The number of halogens is 1. The average molecular weight is 358 g/mol. The van der Waals surface area contributed by atoms with Gasteiger partial charge in [-0.05, 0) is 29.8 Å². The van der Waals surface area contributed by atoms with Gasteiger partial charge in [-0.15, -0.1) is 11.8 Å². The third kappa shape index (κ3) is 4.22. The Morgan fingerprint density at radius 1 is 1.18 bits per heavy atom. The SMILES string of the molecule is CS(=O)(=O)c1ccc(SCc2ccc(Cl)cc2)c([N+](=O)[O-])c1. The smallest absolute Gasteiger partial charge is 0.258 e. The molecule has 5 nitrogen and oxygen atoms in total. The second kappa shape index (κ2) is 6.68. The lowest BCUT2D eigenvalue weighted by Gasteiger charge is -2.05. The molecular formula is C14H12ClNO4S2. The van der Waals surface area contributed by atoms with E-state index in [0.29, 0.717) is 15.7 Å². The Hall–Kier alpha value is -1.57. The van der Waals surface area contributed by atoms with Crippen LogP contribution in [0.1, 0.15) is 5.56 Å². The molecule has 0 unspecified atom stereocenters. The summed E-state index contributed by atoms with van der Waals surface area (Å²) in [6, 6.07) is 11.1. The Morgan fingerprint density at radius 2 is 1.82 bits per heavy atom. The molecule has 0 amide bonds. The molecule has 0 N–H and O–H groups in total. The molecule has 0 heterocycles. The summed E-state index contributed by atoms with van der Waals surface area (Å²) in [5.74, 6) is 0.524. The van der Waals surface area contributed by atoms with Crippen LogP contribution in [0.25, 0.3) is 0 Å². The summed E-state index contributed by atoms with van der Waals surface area (Å²) in [6.45, 7) is 0. The third-order valence-electron chi connectivity index (χ3n) is 2.86. The Bertz CT molecular complexity index is 804. The van der Waals surface area contributed by atoms with Crippen LogP contribution in [0.2, 0.25) is 5.02 Å². The molecular weight excluding hydrogens is 346 g/mol. The van der Waals surface area contributed by atoms with E-state index in [1.165, 1.54) is 23.9 Å². The fraction of sp³-hybridized carbons (Fsp3) is 0.143. The van der Waals surface area contributed by atoms with Gasteiger partial charge in [0.1, 0.15) is 0 Å². The number of hydrogen-bond acceptors (Lipinski definition) is 5. The van der Waals surface area contributed by atoms with Gasteiger partial charge in [-0.25, -0.2) is 8.42 Å². The highest BCUT2D eigenvalue weighted by Crippen LogP contribution is 2.33. The van der Waals surface area contributed by atoms with E-state index in [9.17, 15) is 18.5 Å². The molecule has 0 spiro atoms. The number of nitro groups is 1. The van der Waals surface area contributed by atoms with Gasteiger partial charge < -0.3 is 0 Å². The van der Waals surface area contributed by atoms with E-state index in [1.54, 1.807) is 12.1 Å². The van der Waals surface area contributed by atoms with Crippen molar-refractivity contribution in [2.75, 3.05) is 6.26 Å². The van der Waals surface area contributed by atoms with E-state index >= 15 is 0 Å². The van der Waals surface area contributed by atoms with Gasteiger partial charge >= 0.3 is 0 Å². The number of hydrogen-bond donors (Lipinski definition) is 0. The number of rotatable bonds is 5. The average Bonchev–Trinajstić information content (AvgIpc) is 2.45. The molecule has 0 saturated heterocycles. The first kappa shape index (κ1) is 16.8. The highest BCUT2D eigenvalue weighted by atomic mass is 35.5. The standard InChI is InChI=1S/C14H12ClNO4S2/c1-22(19,20)12-6-7-14(13(8-12)16(17)18)21-9-10-2-4-11(15)5-3-10/h2-8H,9H2,1H3. The van der Waals surface area contributed by atoms with Crippen LogP contribution in [-0.2, 0) is 15.6 Å². The van der Waals surface area contributed by atoms with Crippen LogP contribution >= 0.6 is 23.4 Å². The molecule has 0 aliphatic carbocycles. The van der Waals surface area contributed by atoms with Crippen molar-refractivity contribution < 1.29 is 13.3 Å². The van der Waals surface area contributed by atoms with Crippen molar-refractivity contribution in [2.45, 2.75) is 15.5 Å². The highest BCUT2D eigenvalue weighted by molar-refractivity contribution is 7.98. The number of nitrogens with zero attached hydrogens (tertiary/aromatic N) is 1. The van der Waals surface area contributed by atoms with Crippen LogP contribution in [0.15, 0.2) is 52.3 Å². The van der Waals surface area contributed by atoms with Gasteiger partial charge in [-0.1, -0.05) is 23.7 Å². The largest absolute Gasteiger partial charge is 0.284 e. The monoisotopic (exact) mass is 357 g/mol. The first-order chi connectivity index (χ1) is 10.3. The first-order valence-electron chi connectivity index (χ1n) is 6.13. The summed E-state index contributed by atoms with van der Waals surface area (Å²) in [6.07, 6.45) is 1.02. The maximum absolute atomic E-state index is 11.5. The van der Waals surface area contributed by atoms with Crippen molar-refractivity contribution in [3.63, 3.8) is 0 Å². The van der Waals surface area contributed by atoms with E-state index in [4.69, 9.17) is 11.6 Å². The number of sulfone groups is 1. The van der Waals surface area contributed by atoms with E-state index in [1.807, 2.05) is 12.1 Å². The summed E-state index contributed by atoms with van der Waals surface area (Å²) in [4.78, 5) is 10.9. The van der Waals surface area contributed by atoms with E-state index in [0.717, 1.165) is 17.9 Å². The van der Waals surface area contributed by atoms with Gasteiger partial charge in [0, 0.05) is 23.1 Å². The van der Waals surface area contributed by atoms with Gasteiger partial charge in [-0.3, -0.25) is 10.1 Å². The zero-order valence-corrected chi connectivity index (χ0v) is 13.9. The number of thioether (sulfide) groups is 1. The summed E-state index contributed by atoms with van der Waals surface area (Å²) in [5.41, 5.74) is 0.762. The lowest BCUT2D eigenvalue weighted by atomic mass is 10.2. The topological polar surface area (TPSA) is 77.3 Å². The molecule has 0 saturated carbocycles. The fourth-order valence-corrected chi connectivity index (χ4v) is 3.46. The lowest BCUT2D eigenvalue weighted by Crippen LogP contribution is -1.99. The van der Waals surface area contributed by atoms with Crippen molar-refractivity contribution in [3.05, 3.63) is 63.2 Å². The minimum Gasteiger partial charge on any atom is -0.258 e. The fourth-order valence-electron chi connectivity index (χ4n) is 1.73. The van der Waals surface area contributed by atoms with Crippen molar-refractivity contribution in [2.24, 2.45) is 0 Å². The van der Waals surface area contributed by atoms with Gasteiger partial charge in [0.25, 0.3) is 5.69 Å². The Morgan fingerprint density at radius 3 is 2.36 bits per heavy atom. The lowest BCUT2D eigenvalue weighted by molar-refractivity contribution is -0.388. The van der Waals surface area contributed by atoms with Crippen molar-refractivity contribution in [1.29, 1.82) is 0 Å². The molecule has 0 aliphatic rings. The first-order valence-corrected chi connectivity index (χ1v) is 9.38. The minimum absolute atomic E-state index is 0.0601. The number of benzene rings is 2. The van der Waals surface area contributed by atoms with E-state index in [2.05, 4.69) is 0 Å². The van der Waals surface area contributed by atoms with Crippen LogP contribution in [0.4, 0.5) is 5.69 Å². The van der Waals surface area contributed by atoms with Crippen LogP contribution in [0.3, 0.4) is 0 Å². The molecule has 22 heavy (non-hydrogen) atoms. The second-order valence-electron chi connectivity index (χ2n) is 4.57. The molecule has 0 radical (unpaired) electrons. The molecule has 116 valence electrons. The zero-order chi connectivity index (χ0) is 16.3. The third-order valence-corrected chi connectivity index (χ3v) is 5.36. The summed E-state index contributed by atoms with van der Waals surface area (Å²) in [5, 5.41) is 11.8. The highest BCUT2D eigenvalue weighted by Gasteiger charge is 2.19. The number of nitro benzene ring substituents is 1. The Labute approximate surface area is 137 Å². The molecule has 2 rings (SSSR count). The summed E-state index contributed by atoms with van der Waals surface area (Å²) >= 11 is 7.08. The van der Waals surface area contributed by atoms with Crippen LogP contribution in [-0.4, -0.2) is 19.6 Å². The molecule has 8 heteroatoms. The van der Waals surface area contributed by atoms with Gasteiger partial charge in [0.15, 0.2) is 9.84 Å². The molecule has 0 aliphatic heterocycles. The summed E-state index contributed by atoms with van der Waals surface area (Å²) in [7, 11) is -3.48. The molecule has 0 fully saturated rings. The Kier molecular flexibility index (Phi) is 5.10. The molecule has 2 aromatic rings. The minimum atomic E-state index is -3.48. The normalized spacial score (nSPS) is 11.4. The van der Waals surface area contributed by atoms with E-state index < -0.39 is 14.8 Å². The predicted molar refractivity (Wildman–Crippen MR) is 87.2 cm³/mol. The summed E-state index contributed by atoms with van der Waals surface area (Å²) < 4.78 is 23.0.